The SMILES string of the molecule is CCCCCCN1C(=O)C(=O)/C(=C(/O)c2ccc(C)cc2)[C@H]1c1ccc(Cl)cc1. The molecule has 29 heavy (non-hydrogen) atoms. The van der Waals surface area contributed by atoms with E-state index in [2.05, 4.69) is 6.92 Å². The number of aliphatic hydroxyl groups excluding tert-OH is 1. The first-order valence-electron chi connectivity index (χ1n) is 10.0. The molecule has 4 nitrogen and oxygen atoms in total. The highest BCUT2D eigenvalue weighted by Crippen LogP contribution is 2.39. The van der Waals surface area contributed by atoms with Crippen molar-refractivity contribution in [2.24, 2.45) is 0 Å². The maximum atomic E-state index is 12.9. The number of carbonyl (C=O) groups excluding carboxylic acids is 2. The summed E-state index contributed by atoms with van der Waals surface area (Å²) in [6, 6.07) is 13.7. The highest BCUT2D eigenvalue weighted by Gasteiger charge is 2.45. The molecule has 3 rings (SSSR count). The minimum absolute atomic E-state index is 0.136. The Labute approximate surface area is 176 Å². The topological polar surface area (TPSA) is 57.6 Å². The van der Waals surface area contributed by atoms with Crippen LogP contribution < -0.4 is 0 Å². The molecule has 1 amide bonds. The number of likely N-dealkylation sites (tertiary alicyclic amines) is 1. The maximum absolute atomic E-state index is 12.9. The molecule has 1 atom stereocenters. The zero-order chi connectivity index (χ0) is 21.0. The van der Waals surface area contributed by atoms with E-state index in [9.17, 15) is 14.7 Å². The Morgan fingerprint density at radius 3 is 2.28 bits per heavy atom. The number of ketones is 1. The van der Waals surface area contributed by atoms with E-state index >= 15 is 0 Å². The molecule has 0 spiro atoms. The summed E-state index contributed by atoms with van der Waals surface area (Å²) < 4.78 is 0. The summed E-state index contributed by atoms with van der Waals surface area (Å²) in [4.78, 5) is 27.3. The summed E-state index contributed by atoms with van der Waals surface area (Å²) in [5.74, 6) is -1.34. The summed E-state index contributed by atoms with van der Waals surface area (Å²) in [6.07, 6.45) is 3.98. The van der Waals surface area contributed by atoms with Crippen LogP contribution in [0, 0.1) is 6.92 Å². The quantitative estimate of drug-likeness (QED) is 0.277. The molecule has 1 aliphatic heterocycles. The van der Waals surface area contributed by atoms with E-state index in [0.29, 0.717) is 17.1 Å². The van der Waals surface area contributed by atoms with Crippen LogP contribution in [0.1, 0.15) is 55.3 Å². The monoisotopic (exact) mass is 411 g/mol. The Bertz CT molecular complexity index is 916. The van der Waals surface area contributed by atoms with E-state index in [1.54, 1.807) is 41.3 Å². The van der Waals surface area contributed by atoms with Crippen molar-refractivity contribution in [1.82, 2.24) is 4.90 Å². The fourth-order valence-electron chi connectivity index (χ4n) is 3.68. The van der Waals surface area contributed by atoms with Crippen molar-refractivity contribution >= 4 is 29.1 Å². The van der Waals surface area contributed by atoms with Gasteiger partial charge in [0.2, 0.25) is 0 Å². The highest BCUT2D eigenvalue weighted by molar-refractivity contribution is 6.46. The minimum atomic E-state index is -0.640. The largest absolute Gasteiger partial charge is 0.507 e. The van der Waals surface area contributed by atoms with Crippen molar-refractivity contribution in [3.63, 3.8) is 0 Å². The molecule has 2 aromatic rings. The molecule has 0 unspecified atom stereocenters. The first kappa shape index (κ1) is 21.1. The Kier molecular flexibility index (Phi) is 6.75. The van der Waals surface area contributed by atoms with E-state index < -0.39 is 17.7 Å². The predicted molar refractivity (Wildman–Crippen MR) is 116 cm³/mol. The first-order valence-corrected chi connectivity index (χ1v) is 10.4. The Hall–Kier alpha value is -2.59. The normalized spacial score (nSPS) is 18.4. The molecule has 1 heterocycles. The second-order valence-corrected chi connectivity index (χ2v) is 7.91. The van der Waals surface area contributed by atoms with Gasteiger partial charge in [-0.2, -0.15) is 0 Å². The lowest BCUT2D eigenvalue weighted by Crippen LogP contribution is -2.30. The van der Waals surface area contributed by atoms with Crippen molar-refractivity contribution < 1.29 is 14.7 Å². The number of hydrogen-bond acceptors (Lipinski definition) is 3. The molecular formula is C24H26ClNO3. The predicted octanol–water partition coefficient (Wildman–Crippen LogP) is 5.65. The van der Waals surface area contributed by atoms with Crippen molar-refractivity contribution in [2.45, 2.75) is 45.6 Å². The number of rotatable bonds is 7. The summed E-state index contributed by atoms with van der Waals surface area (Å²) >= 11 is 6.03. The summed E-state index contributed by atoms with van der Waals surface area (Å²) in [5.41, 5.74) is 2.47. The number of hydrogen-bond donors (Lipinski definition) is 1. The third-order valence-corrected chi connectivity index (χ3v) is 5.56. The van der Waals surface area contributed by atoms with Crippen molar-refractivity contribution in [2.75, 3.05) is 6.54 Å². The van der Waals surface area contributed by atoms with E-state index in [0.717, 1.165) is 36.8 Å². The molecule has 0 bridgehead atoms. The van der Waals surface area contributed by atoms with E-state index in [4.69, 9.17) is 11.6 Å². The van der Waals surface area contributed by atoms with Gasteiger partial charge in [0.1, 0.15) is 5.76 Å². The van der Waals surface area contributed by atoms with Crippen molar-refractivity contribution in [1.29, 1.82) is 0 Å². The molecule has 2 aromatic carbocycles. The molecular weight excluding hydrogens is 386 g/mol. The van der Waals surface area contributed by atoms with Crippen molar-refractivity contribution in [3.05, 3.63) is 75.8 Å². The fourth-order valence-corrected chi connectivity index (χ4v) is 3.80. The van der Waals surface area contributed by atoms with E-state index in [1.165, 1.54) is 0 Å². The number of Topliss-reactive ketones (excluding diaryl/α,β-unsaturated/α-hetero) is 1. The number of amides is 1. The van der Waals surface area contributed by atoms with Crippen LogP contribution in [-0.4, -0.2) is 28.2 Å². The van der Waals surface area contributed by atoms with Crippen LogP contribution >= 0.6 is 11.6 Å². The van der Waals surface area contributed by atoms with Gasteiger partial charge < -0.3 is 10.0 Å². The molecule has 1 N–H and O–H groups in total. The number of carbonyl (C=O) groups is 2. The first-order chi connectivity index (χ1) is 13.9. The molecule has 5 heteroatoms. The van der Waals surface area contributed by atoms with Crippen molar-refractivity contribution in [3.8, 4) is 0 Å². The average Bonchev–Trinajstić information content (AvgIpc) is 2.96. The van der Waals surface area contributed by atoms with E-state index in [-0.39, 0.29) is 11.3 Å². The van der Waals surface area contributed by atoms with Gasteiger partial charge in [-0.1, -0.05) is 79.7 Å². The van der Waals surface area contributed by atoms with Crippen LogP contribution in [0.3, 0.4) is 0 Å². The van der Waals surface area contributed by atoms with Gasteiger partial charge in [-0.3, -0.25) is 9.59 Å². The third-order valence-electron chi connectivity index (χ3n) is 5.30. The molecule has 0 aromatic heterocycles. The van der Waals surface area contributed by atoms with Crippen LogP contribution in [0.25, 0.3) is 5.76 Å². The summed E-state index contributed by atoms with van der Waals surface area (Å²) in [6.45, 7) is 4.55. The highest BCUT2D eigenvalue weighted by atomic mass is 35.5. The summed E-state index contributed by atoms with van der Waals surface area (Å²) in [5, 5.41) is 11.5. The smallest absolute Gasteiger partial charge is 0.295 e. The molecule has 0 saturated carbocycles. The second-order valence-electron chi connectivity index (χ2n) is 7.47. The van der Waals surface area contributed by atoms with Gasteiger partial charge in [0.25, 0.3) is 11.7 Å². The Balaban J connectivity index is 2.05. The van der Waals surface area contributed by atoms with Gasteiger partial charge in [-0.05, 0) is 31.0 Å². The Morgan fingerprint density at radius 1 is 1.00 bits per heavy atom. The lowest BCUT2D eigenvalue weighted by atomic mass is 9.95. The van der Waals surface area contributed by atoms with Crippen LogP contribution in [0.4, 0.5) is 0 Å². The van der Waals surface area contributed by atoms with Gasteiger partial charge in [-0.15, -0.1) is 0 Å². The number of benzene rings is 2. The van der Waals surface area contributed by atoms with Gasteiger partial charge in [0.05, 0.1) is 11.6 Å². The van der Waals surface area contributed by atoms with Crippen LogP contribution in [0.2, 0.25) is 5.02 Å². The number of halogens is 1. The van der Waals surface area contributed by atoms with E-state index in [1.807, 2.05) is 19.1 Å². The number of unbranched alkanes of at least 4 members (excludes halogenated alkanes) is 3. The molecule has 1 aliphatic rings. The minimum Gasteiger partial charge on any atom is -0.507 e. The van der Waals surface area contributed by atoms with Crippen LogP contribution in [-0.2, 0) is 9.59 Å². The second kappa shape index (κ2) is 9.27. The number of nitrogens with zero attached hydrogens (tertiary/aromatic N) is 1. The molecule has 1 saturated heterocycles. The molecule has 0 aliphatic carbocycles. The fraction of sp³-hybridized carbons (Fsp3) is 0.333. The van der Waals surface area contributed by atoms with Gasteiger partial charge in [-0.25, -0.2) is 0 Å². The Morgan fingerprint density at radius 2 is 1.66 bits per heavy atom. The zero-order valence-corrected chi connectivity index (χ0v) is 17.6. The zero-order valence-electron chi connectivity index (χ0n) is 16.8. The maximum Gasteiger partial charge on any atom is 0.295 e. The van der Waals surface area contributed by atoms with Crippen LogP contribution in [0.5, 0.6) is 0 Å². The third kappa shape index (κ3) is 4.54. The summed E-state index contributed by atoms with van der Waals surface area (Å²) in [7, 11) is 0. The molecule has 1 fully saturated rings. The lowest BCUT2D eigenvalue weighted by Gasteiger charge is -2.25. The molecule has 152 valence electrons. The van der Waals surface area contributed by atoms with Gasteiger partial charge >= 0.3 is 0 Å². The molecule has 0 radical (unpaired) electrons. The average molecular weight is 412 g/mol. The van der Waals surface area contributed by atoms with Gasteiger partial charge in [0.15, 0.2) is 0 Å². The van der Waals surface area contributed by atoms with Crippen LogP contribution in [0.15, 0.2) is 54.1 Å². The number of aliphatic hydroxyl groups is 1. The van der Waals surface area contributed by atoms with Gasteiger partial charge in [0, 0.05) is 17.1 Å². The number of aryl methyl sites for hydroxylation is 1. The standard InChI is InChI=1S/C24H26ClNO3/c1-3-4-5-6-15-26-21(17-11-13-19(25)14-12-17)20(23(28)24(26)29)22(27)18-9-7-16(2)8-10-18/h7-14,21,27H,3-6,15H2,1-2H3/b22-20+/t21-/m1/s1. The lowest BCUT2D eigenvalue weighted by molar-refractivity contribution is -0.139.